The molecule has 6 saturated carbocycles. The van der Waals surface area contributed by atoms with Crippen LogP contribution < -0.4 is 0 Å². The Bertz CT molecular complexity index is 592. The van der Waals surface area contributed by atoms with Gasteiger partial charge in [0, 0.05) is 19.3 Å². The standard InChI is InChI=1S/C24H31OPS.2C5H5.B.2Fe/c1-27-23-17-9-15-21(23)24(25)20-14-8-16-22(20)26(18-10-4-2-5-11-18)19-12-6-3-7-13-19;2*1-2-4-5-3-1;;;/h8-9,14-19H,2-7,10-13H2,1H3;2*1-5H;;;/q;;;;2*+2. The fraction of sp³-hybridized carbons (Fsp3) is 0.382. The van der Waals surface area contributed by atoms with Crippen LogP contribution in [-0.4, -0.2) is 31.8 Å². The maximum atomic E-state index is 13.4. The van der Waals surface area contributed by atoms with Gasteiger partial charge in [0.2, 0.25) is 0 Å². The van der Waals surface area contributed by atoms with Crippen molar-refractivity contribution < 1.29 is 38.9 Å². The van der Waals surface area contributed by atoms with E-state index in [9.17, 15) is 4.79 Å². The van der Waals surface area contributed by atoms with Crippen molar-refractivity contribution in [3.05, 3.63) is 125 Å². The van der Waals surface area contributed by atoms with E-state index in [2.05, 4.69) is 31.9 Å². The summed E-state index contributed by atoms with van der Waals surface area (Å²) in [6.07, 6.45) is 48.6. The third-order valence-electron chi connectivity index (χ3n) is 7.60. The van der Waals surface area contributed by atoms with Crippen molar-refractivity contribution in [2.24, 2.45) is 0 Å². The van der Waals surface area contributed by atoms with Gasteiger partial charge < -0.3 is 0 Å². The van der Waals surface area contributed by atoms with Crippen LogP contribution in [0, 0.1) is 125 Å². The van der Waals surface area contributed by atoms with Crippen molar-refractivity contribution in [1.82, 2.24) is 0 Å². The summed E-state index contributed by atoms with van der Waals surface area (Å²) < 4.78 is 0. The van der Waals surface area contributed by atoms with E-state index in [1.165, 1.54) is 69.9 Å². The quantitative estimate of drug-likeness (QED) is 0.213. The molecule has 6 aliphatic rings. The molecule has 0 aromatic heterocycles. The Labute approximate surface area is 278 Å². The smallest absolute Gasteiger partial charge is 0.298 e. The predicted octanol–water partition coefficient (Wildman–Crippen LogP) is 8.19. The van der Waals surface area contributed by atoms with E-state index >= 15 is 0 Å². The second-order valence-electron chi connectivity index (χ2n) is 10.1. The molecule has 0 unspecified atom stereocenters. The first kappa shape index (κ1) is 39.6. The molecule has 0 N–H and O–H groups in total. The third kappa shape index (κ3) is 12.2. The number of hydrogen-bond acceptors (Lipinski definition) is 2. The molecule has 23 radical (unpaired) electrons. The molecule has 40 heavy (non-hydrogen) atoms. The molecule has 6 heteroatoms. The molecule has 0 atom stereocenters. The minimum Gasteiger partial charge on any atom is -0.298 e. The Balaban J connectivity index is 0.000000519. The zero-order valence-corrected chi connectivity index (χ0v) is 27.4. The summed E-state index contributed by atoms with van der Waals surface area (Å²) in [6, 6.07) is 0. The van der Waals surface area contributed by atoms with Crippen LogP contribution in [0.25, 0.3) is 0 Å². The molecule has 6 aliphatic carbocycles. The molecule has 0 saturated heterocycles. The van der Waals surface area contributed by atoms with Crippen LogP contribution in [0.5, 0.6) is 0 Å². The molecule has 6 fully saturated rings. The molecule has 0 spiro atoms. The Morgan fingerprint density at radius 1 is 0.600 bits per heavy atom. The summed E-state index contributed by atoms with van der Waals surface area (Å²) in [5.41, 5.74) is 3.11. The summed E-state index contributed by atoms with van der Waals surface area (Å²) in [5.74, 6) is 2.17. The number of rotatable bonds is 6. The summed E-state index contributed by atoms with van der Waals surface area (Å²) >= 11 is 1.68. The molecule has 0 heterocycles. The minimum absolute atomic E-state index is 0. The summed E-state index contributed by atoms with van der Waals surface area (Å²) in [4.78, 5) is 13.4. The topological polar surface area (TPSA) is 17.1 Å². The first-order valence-electron chi connectivity index (χ1n) is 14.0. The monoisotopic (exact) mass is 651 g/mol. The average Bonchev–Trinajstić information content (AvgIpc) is 3.79. The van der Waals surface area contributed by atoms with Gasteiger partial charge in [0.25, 0.3) is 0 Å². The second kappa shape index (κ2) is 23.0. The minimum atomic E-state index is -0.226. The second-order valence-corrected chi connectivity index (χ2v) is 13.7. The fourth-order valence-electron chi connectivity index (χ4n) is 5.79. The van der Waals surface area contributed by atoms with E-state index in [1.54, 1.807) is 11.8 Å². The normalized spacial score (nSPS) is 25.2. The number of carbonyl (C=O) groups excluding carboxylic acids is 1. The van der Waals surface area contributed by atoms with Gasteiger partial charge in [-0.05, 0) is 146 Å². The SMILES string of the molecule is CS[C]1[CH][CH][CH][C]1C(=O)[C]1[CH][CH][CH][C]1P(C1CCCCC1)C1CCCCC1.[B].[CH]1[CH][CH][CH][CH]1.[CH]1[CH][CH][CH][CH]1.[Fe+2].[Fe+2]. The largest absolute Gasteiger partial charge is 2.00 e. The van der Waals surface area contributed by atoms with E-state index < -0.39 is 0 Å². The molecule has 0 amide bonds. The van der Waals surface area contributed by atoms with Crippen LogP contribution in [0.3, 0.4) is 0 Å². The van der Waals surface area contributed by atoms with Gasteiger partial charge in [-0.1, -0.05) is 46.4 Å². The zero-order valence-electron chi connectivity index (χ0n) is 23.5. The number of hydrogen-bond donors (Lipinski definition) is 0. The first-order chi connectivity index (χ1) is 18.3. The van der Waals surface area contributed by atoms with Gasteiger partial charge in [-0.2, -0.15) is 11.8 Å². The summed E-state index contributed by atoms with van der Waals surface area (Å²) in [7, 11) is -0.226. The van der Waals surface area contributed by atoms with Crippen molar-refractivity contribution in [2.45, 2.75) is 75.5 Å². The van der Waals surface area contributed by atoms with Gasteiger partial charge in [-0.25, -0.2) is 0 Å². The van der Waals surface area contributed by atoms with Crippen molar-refractivity contribution in [3.63, 3.8) is 0 Å². The number of carbonyl (C=O) groups is 1. The maximum absolute atomic E-state index is 13.4. The molecule has 0 aliphatic heterocycles. The van der Waals surface area contributed by atoms with Crippen molar-refractivity contribution in [2.75, 3.05) is 6.26 Å². The molecular formula is C34H41BFe2OPS+4. The Morgan fingerprint density at radius 3 is 1.43 bits per heavy atom. The Hall–Kier alpha value is 1.55. The zero-order chi connectivity index (χ0) is 25.7. The van der Waals surface area contributed by atoms with Crippen LogP contribution in [0.15, 0.2) is 0 Å². The molecule has 209 valence electrons. The average molecular weight is 651 g/mol. The van der Waals surface area contributed by atoms with Crippen LogP contribution in [0.2, 0.25) is 0 Å². The predicted molar refractivity (Wildman–Crippen MR) is 167 cm³/mol. The first-order valence-corrected chi connectivity index (χ1v) is 16.7. The van der Waals surface area contributed by atoms with E-state index in [0.717, 1.165) is 28.4 Å². The van der Waals surface area contributed by atoms with Crippen molar-refractivity contribution in [3.8, 4) is 0 Å². The van der Waals surface area contributed by atoms with Gasteiger partial charge in [0.1, 0.15) is 5.78 Å². The van der Waals surface area contributed by atoms with Crippen molar-refractivity contribution in [1.29, 1.82) is 0 Å². The van der Waals surface area contributed by atoms with E-state index in [0.29, 0.717) is 0 Å². The van der Waals surface area contributed by atoms with E-state index in [4.69, 9.17) is 0 Å². The maximum Gasteiger partial charge on any atom is 2.00 e. The number of Topliss-reactive ketones (excluding diaryl/α,β-unsaturated/α-hetero) is 1. The molecule has 0 bridgehead atoms. The molecular weight excluding hydrogens is 610 g/mol. The molecule has 0 aromatic carbocycles. The van der Waals surface area contributed by atoms with Crippen LogP contribution >= 0.6 is 19.7 Å². The van der Waals surface area contributed by atoms with Crippen molar-refractivity contribution >= 4 is 33.9 Å². The van der Waals surface area contributed by atoms with Gasteiger partial charge >= 0.3 is 34.1 Å². The number of ketones is 1. The van der Waals surface area contributed by atoms with Gasteiger partial charge in [0.15, 0.2) is 0 Å². The summed E-state index contributed by atoms with van der Waals surface area (Å²) in [5, 5.41) is 1.12. The molecule has 6 rings (SSSR count). The fourth-order valence-corrected chi connectivity index (χ4v) is 10.3. The van der Waals surface area contributed by atoms with Gasteiger partial charge in [0.05, 0.1) is 11.8 Å². The van der Waals surface area contributed by atoms with E-state index in [-0.39, 0.29) is 56.3 Å². The third-order valence-corrected chi connectivity index (χ3v) is 12.0. The van der Waals surface area contributed by atoms with Gasteiger partial charge in [-0.15, -0.1) is 0 Å². The number of thioether (sulfide) groups is 1. The molecule has 0 aromatic rings. The van der Waals surface area contributed by atoms with Crippen LogP contribution in [-0.2, 0) is 38.9 Å². The van der Waals surface area contributed by atoms with Crippen LogP contribution in [0.4, 0.5) is 0 Å². The Morgan fingerprint density at radius 2 is 1.00 bits per heavy atom. The van der Waals surface area contributed by atoms with Gasteiger partial charge in [-0.3, -0.25) is 4.79 Å². The Kier molecular flexibility index (Phi) is 22.7. The van der Waals surface area contributed by atoms with E-state index in [1.807, 2.05) is 77.0 Å². The molecule has 1 nitrogen and oxygen atoms in total. The van der Waals surface area contributed by atoms with Crippen LogP contribution in [0.1, 0.15) is 64.2 Å². The summed E-state index contributed by atoms with van der Waals surface area (Å²) in [6.45, 7) is 0.